The first-order valence-corrected chi connectivity index (χ1v) is 14.6. The smallest absolute Gasteiger partial charge is 0.250 e. The number of sulfonamides is 1. The van der Waals surface area contributed by atoms with E-state index in [2.05, 4.69) is 39.8 Å². The van der Waals surface area contributed by atoms with Gasteiger partial charge in [0.05, 0.1) is 0 Å². The van der Waals surface area contributed by atoms with Crippen molar-refractivity contribution in [2.45, 2.75) is 30.7 Å². The van der Waals surface area contributed by atoms with Crippen molar-refractivity contribution in [3.05, 3.63) is 59.2 Å². The van der Waals surface area contributed by atoms with Crippen molar-refractivity contribution in [3.63, 3.8) is 0 Å². The van der Waals surface area contributed by atoms with Crippen LogP contribution in [0.15, 0.2) is 57.9 Å². The minimum absolute atomic E-state index is 0.135. The van der Waals surface area contributed by atoms with Gasteiger partial charge in [-0.3, -0.25) is 0 Å². The van der Waals surface area contributed by atoms with Crippen molar-refractivity contribution >= 4 is 32.6 Å². The molecule has 0 spiro atoms. The highest BCUT2D eigenvalue weighted by molar-refractivity contribution is 7.93. The monoisotopic (exact) mass is 584 g/mol. The Kier molecular flexibility index (Phi) is 8.46. The zero-order valence-corrected chi connectivity index (χ0v) is 23.1. The van der Waals surface area contributed by atoms with E-state index in [-0.39, 0.29) is 5.76 Å². The first-order chi connectivity index (χ1) is 19.6. The number of furan rings is 1. The molecule has 2 aliphatic heterocycles. The summed E-state index contributed by atoms with van der Waals surface area (Å²) in [6.07, 6.45) is -7.26. The fourth-order valence-electron chi connectivity index (χ4n) is 4.90. The van der Waals surface area contributed by atoms with Crippen LogP contribution in [0.2, 0.25) is 0 Å². The van der Waals surface area contributed by atoms with Crippen molar-refractivity contribution in [3.8, 4) is 17.4 Å². The molecule has 3 heterocycles. The minimum Gasteiger partial charge on any atom is -0.457 e. The average molecular weight is 585 g/mol. The lowest BCUT2D eigenvalue weighted by Crippen LogP contribution is -2.59. The molecule has 0 amide bonds. The van der Waals surface area contributed by atoms with Crippen molar-refractivity contribution in [2.24, 2.45) is 0 Å². The van der Waals surface area contributed by atoms with Crippen molar-refractivity contribution in [1.29, 1.82) is 5.26 Å². The van der Waals surface area contributed by atoms with Crippen LogP contribution in [-0.2, 0) is 14.8 Å². The molecule has 2 saturated heterocycles. The Morgan fingerprint density at radius 1 is 1.00 bits per heavy atom. The standard InChI is InChI=1S/C28H32N4O8S/c1-31-8-10-32(11-9-31)20-5-4-17-12-19(3-2-18(17)13-20)23-7-6-21(39-23)14-22(15-29)41(37,38)30-16-24-25(33)26(34)27(35)28(36)40-24/h2-7,12-14,24-28,30,33-36H,8-11,16H2,1H3/b22-14+/t24-,25-,26+,27-,28?/m1/s1. The van der Waals surface area contributed by atoms with Gasteiger partial charge in [0.15, 0.2) is 11.2 Å². The average Bonchev–Trinajstić information content (AvgIpc) is 3.44. The van der Waals surface area contributed by atoms with E-state index < -0.39 is 52.2 Å². The molecule has 2 aliphatic rings. The molecule has 1 aromatic heterocycles. The highest BCUT2D eigenvalue weighted by Gasteiger charge is 2.43. The number of nitriles is 1. The Bertz CT molecular complexity index is 1580. The summed E-state index contributed by atoms with van der Waals surface area (Å²) >= 11 is 0. The van der Waals surface area contributed by atoms with Crippen molar-refractivity contribution < 1.29 is 38.0 Å². The number of benzene rings is 2. The lowest BCUT2D eigenvalue weighted by Gasteiger charge is -2.38. The van der Waals surface area contributed by atoms with Gasteiger partial charge in [-0.15, -0.1) is 0 Å². The Morgan fingerprint density at radius 2 is 1.71 bits per heavy atom. The van der Waals surface area contributed by atoms with Crippen LogP contribution in [0.1, 0.15) is 5.76 Å². The fourth-order valence-corrected chi connectivity index (χ4v) is 5.83. The first-order valence-electron chi connectivity index (χ1n) is 13.1. The molecule has 0 radical (unpaired) electrons. The number of likely N-dealkylation sites (N-methyl/N-ethyl adjacent to an activating group) is 1. The normalized spacial score (nSPS) is 26.3. The summed E-state index contributed by atoms with van der Waals surface area (Å²) in [5.41, 5.74) is 1.96. The highest BCUT2D eigenvalue weighted by atomic mass is 32.2. The maximum atomic E-state index is 12.8. The van der Waals surface area contributed by atoms with Crippen LogP contribution in [-0.4, -0.2) is 104 Å². The summed E-state index contributed by atoms with van der Waals surface area (Å²) in [6.45, 7) is 3.43. The number of ether oxygens (including phenoxy) is 1. The summed E-state index contributed by atoms with van der Waals surface area (Å²) < 4.78 is 38.5. The van der Waals surface area contributed by atoms with Gasteiger partial charge in [-0.1, -0.05) is 18.2 Å². The lowest BCUT2D eigenvalue weighted by atomic mass is 9.99. The third-order valence-corrected chi connectivity index (χ3v) is 8.77. The Labute approximate surface area is 237 Å². The number of aliphatic hydroxyl groups is 4. The van der Waals surface area contributed by atoms with E-state index in [1.807, 2.05) is 18.2 Å². The van der Waals surface area contributed by atoms with E-state index in [1.165, 1.54) is 5.69 Å². The summed E-state index contributed by atoms with van der Waals surface area (Å²) in [5, 5.41) is 50.7. The van der Waals surface area contributed by atoms with Gasteiger partial charge in [0, 0.05) is 50.1 Å². The van der Waals surface area contributed by atoms with Gasteiger partial charge in [-0.25, -0.2) is 13.1 Å². The van der Waals surface area contributed by atoms with Crippen molar-refractivity contribution in [1.82, 2.24) is 9.62 Å². The maximum absolute atomic E-state index is 12.8. The number of hydrogen-bond donors (Lipinski definition) is 5. The van der Waals surface area contributed by atoms with Gasteiger partial charge in [0.2, 0.25) is 0 Å². The van der Waals surface area contributed by atoms with Crippen LogP contribution in [0, 0.1) is 11.3 Å². The molecule has 0 aliphatic carbocycles. The zero-order valence-electron chi connectivity index (χ0n) is 22.3. The maximum Gasteiger partial charge on any atom is 0.250 e. The van der Waals surface area contributed by atoms with Gasteiger partial charge in [0.1, 0.15) is 42.0 Å². The predicted octanol–water partition coefficient (Wildman–Crippen LogP) is 0.435. The SMILES string of the molecule is CN1CCN(c2ccc3cc(-c4ccc(/C=C(\C#N)S(=O)(=O)NC[C@H]5OC(O)[C@H](O)[C@@H](O)[C@@H]5O)o4)ccc3c2)CC1. The number of aliphatic hydroxyl groups excluding tert-OH is 4. The molecule has 41 heavy (non-hydrogen) atoms. The number of nitrogens with zero attached hydrogens (tertiary/aromatic N) is 3. The molecule has 218 valence electrons. The topological polar surface area (TPSA) is 180 Å². The number of allylic oxidation sites excluding steroid dienone is 1. The molecule has 13 heteroatoms. The summed E-state index contributed by atoms with van der Waals surface area (Å²) in [6, 6.07) is 17.1. The molecule has 3 aromatic rings. The quantitative estimate of drug-likeness (QED) is 0.243. The van der Waals surface area contributed by atoms with Crippen molar-refractivity contribution in [2.75, 3.05) is 44.7 Å². The summed E-state index contributed by atoms with van der Waals surface area (Å²) in [4.78, 5) is 4.03. The molecule has 5 rings (SSSR count). The zero-order chi connectivity index (χ0) is 29.3. The number of piperazine rings is 1. The highest BCUT2D eigenvalue weighted by Crippen LogP contribution is 2.30. The van der Waals surface area contributed by atoms with Crippen LogP contribution < -0.4 is 9.62 Å². The number of hydrogen-bond acceptors (Lipinski definition) is 11. The van der Waals surface area contributed by atoms with E-state index in [1.54, 1.807) is 18.2 Å². The molecule has 0 bridgehead atoms. The van der Waals surface area contributed by atoms with Crippen LogP contribution in [0.5, 0.6) is 0 Å². The molecule has 5 N–H and O–H groups in total. The van der Waals surface area contributed by atoms with E-state index >= 15 is 0 Å². The van der Waals surface area contributed by atoms with Crippen LogP contribution in [0.4, 0.5) is 5.69 Å². The van der Waals surface area contributed by atoms with E-state index in [9.17, 15) is 34.1 Å². The second-order valence-corrected chi connectivity index (χ2v) is 12.0. The van der Waals surface area contributed by atoms with E-state index in [0.29, 0.717) is 5.76 Å². The van der Waals surface area contributed by atoms with Gasteiger partial charge in [-0.2, -0.15) is 5.26 Å². The van der Waals surface area contributed by atoms with Gasteiger partial charge < -0.3 is 39.4 Å². The second kappa shape index (κ2) is 11.9. The summed E-state index contributed by atoms with van der Waals surface area (Å²) in [7, 11) is -2.25. The molecule has 0 saturated carbocycles. The summed E-state index contributed by atoms with van der Waals surface area (Å²) in [5.74, 6) is 0.625. The fraction of sp³-hybridized carbons (Fsp3) is 0.393. The van der Waals surface area contributed by atoms with E-state index in [4.69, 9.17) is 9.15 Å². The molecule has 12 nitrogen and oxygen atoms in total. The molecule has 5 atom stereocenters. The lowest BCUT2D eigenvalue weighted by molar-refractivity contribution is -0.279. The number of anilines is 1. The Balaban J connectivity index is 1.29. The molecule has 2 aromatic carbocycles. The number of nitrogens with one attached hydrogen (secondary N) is 1. The predicted molar refractivity (Wildman–Crippen MR) is 151 cm³/mol. The van der Waals surface area contributed by atoms with Gasteiger partial charge in [0.25, 0.3) is 10.0 Å². The molecule has 2 fully saturated rings. The first kappa shape index (κ1) is 29.2. The third kappa shape index (κ3) is 6.30. The molecule has 1 unspecified atom stereocenters. The van der Waals surface area contributed by atoms with Crippen LogP contribution in [0.25, 0.3) is 28.2 Å². The van der Waals surface area contributed by atoms with Gasteiger partial charge in [-0.05, 0) is 48.2 Å². The van der Waals surface area contributed by atoms with Crippen LogP contribution >= 0.6 is 0 Å². The number of fused-ring (bicyclic) bond motifs is 1. The largest absolute Gasteiger partial charge is 0.457 e. The molecular formula is C28H32N4O8S. The third-order valence-electron chi connectivity index (χ3n) is 7.44. The van der Waals surface area contributed by atoms with E-state index in [0.717, 1.165) is 48.6 Å². The second-order valence-electron chi connectivity index (χ2n) is 10.2. The number of rotatable bonds is 7. The van der Waals surface area contributed by atoms with Gasteiger partial charge >= 0.3 is 0 Å². The Hall–Kier alpha value is -3.32. The Morgan fingerprint density at radius 3 is 2.44 bits per heavy atom. The van der Waals surface area contributed by atoms with Crippen LogP contribution in [0.3, 0.4) is 0 Å². The minimum atomic E-state index is -4.38. The molecular weight excluding hydrogens is 552 g/mol.